The third kappa shape index (κ3) is 15.5. The second-order valence-corrected chi connectivity index (χ2v) is 42.9. The lowest BCUT2D eigenvalue weighted by Gasteiger charge is -2.28. The van der Waals surface area contributed by atoms with Crippen molar-refractivity contribution in [3.63, 3.8) is 0 Å². The number of hydrogen-bond donors (Lipinski definition) is 10. The Bertz CT molecular complexity index is 6410. The molecule has 4 aromatic carbocycles. The number of aliphatic hydroxyl groups is 8. The molecule has 32 heteroatoms. The van der Waals surface area contributed by atoms with E-state index in [9.17, 15) is 40.9 Å². The van der Waals surface area contributed by atoms with Crippen molar-refractivity contribution in [3.05, 3.63) is 245 Å². The van der Waals surface area contributed by atoms with Crippen molar-refractivity contribution in [1.82, 2.24) is 78.1 Å². The lowest BCUT2D eigenvalue weighted by atomic mass is 9.80. The van der Waals surface area contributed by atoms with Gasteiger partial charge in [-0.15, -0.1) is 0 Å². The highest BCUT2D eigenvalue weighted by atomic mass is 79.9. The highest BCUT2D eigenvalue weighted by Crippen LogP contribution is 2.64. The quantitative estimate of drug-likeness (QED) is 0.0632. The van der Waals surface area contributed by atoms with Gasteiger partial charge in [-0.3, -0.25) is 0 Å². The van der Waals surface area contributed by atoms with E-state index >= 15 is 0 Å². The van der Waals surface area contributed by atoms with Crippen molar-refractivity contribution >= 4 is 186 Å². The number of pyridine rings is 4. The van der Waals surface area contributed by atoms with Crippen LogP contribution in [0.3, 0.4) is 0 Å². The van der Waals surface area contributed by atoms with E-state index in [0.29, 0.717) is 45.6 Å². The maximum absolute atomic E-state index is 11.2. The van der Waals surface area contributed by atoms with Crippen LogP contribution in [-0.4, -0.2) is 168 Å². The molecule has 8 aliphatic rings. The summed E-state index contributed by atoms with van der Waals surface area (Å²) in [5.74, 6) is 2.21. The van der Waals surface area contributed by atoms with Gasteiger partial charge in [0.1, 0.15) is 94.3 Å². The van der Waals surface area contributed by atoms with Crippen molar-refractivity contribution in [2.75, 3.05) is 11.5 Å². The normalized spacial score (nSPS) is 29.6. The number of nitrogen functional groups attached to an aromatic ring is 2. The van der Waals surface area contributed by atoms with Crippen LogP contribution < -0.4 is 11.5 Å². The van der Waals surface area contributed by atoms with Gasteiger partial charge in [0.2, 0.25) is 0 Å². The van der Waals surface area contributed by atoms with Gasteiger partial charge in [0.15, 0.2) is 0 Å². The summed E-state index contributed by atoms with van der Waals surface area (Å²) in [6, 6.07) is 40.6. The Hall–Kier alpha value is -9.22. The highest BCUT2D eigenvalue weighted by Gasteiger charge is 2.61. The number of benzene rings is 4. The van der Waals surface area contributed by atoms with Gasteiger partial charge in [-0.25, -0.2) is 59.8 Å². The van der Waals surface area contributed by atoms with E-state index in [1.807, 2.05) is 119 Å². The van der Waals surface area contributed by atoms with Gasteiger partial charge < -0.3 is 70.6 Å². The molecule has 0 aliphatic heterocycles. The van der Waals surface area contributed by atoms with Crippen molar-refractivity contribution < 1.29 is 40.9 Å². The molecule has 0 saturated heterocycles. The van der Waals surface area contributed by atoms with Crippen LogP contribution >= 0.6 is 86.9 Å². The molecule has 0 bridgehead atoms. The number of rotatable bonds is 8. The Kier molecular flexibility index (Phi) is 23.4. The van der Waals surface area contributed by atoms with Gasteiger partial charge in [-0.05, 0) is 313 Å². The molecule has 26 nitrogen and oxygen atoms in total. The van der Waals surface area contributed by atoms with Gasteiger partial charge in [0.25, 0.3) is 0 Å². The summed E-state index contributed by atoms with van der Waals surface area (Å²) < 4.78 is 11.3. The summed E-state index contributed by atoms with van der Waals surface area (Å²) in [6.07, 6.45) is 21.4. The zero-order chi connectivity index (χ0) is 91.6. The number of aryl methyl sites for hydroxylation is 4. The van der Waals surface area contributed by atoms with E-state index < -0.39 is 48.8 Å². The van der Waals surface area contributed by atoms with Crippen LogP contribution in [0.4, 0.5) is 11.6 Å². The zero-order valence-electron chi connectivity index (χ0n) is 72.9. The van der Waals surface area contributed by atoms with Crippen molar-refractivity contribution in [2.24, 2.45) is 21.7 Å². The Morgan fingerprint density at radius 1 is 0.311 bits per heavy atom. The van der Waals surface area contributed by atoms with Gasteiger partial charge in [-0.2, -0.15) is 0 Å². The molecule has 0 radical (unpaired) electrons. The first kappa shape index (κ1) is 89.3. The molecular weight excluding hydrogens is 1970 g/mol. The summed E-state index contributed by atoms with van der Waals surface area (Å²) in [5.41, 5.74) is 26.0. The number of aliphatic hydroxyl groups excluding tert-OH is 8. The van der Waals surface area contributed by atoms with E-state index in [1.165, 1.54) is 22.3 Å². The molecular formula is C100H100Br4Cl2N18O8. The molecule has 8 fully saturated rings. The summed E-state index contributed by atoms with van der Waals surface area (Å²) in [5, 5.41) is 98.3. The zero-order valence-corrected chi connectivity index (χ0v) is 80.7. The highest BCUT2D eigenvalue weighted by molar-refractivity contribution is 9.11. The number of nitrogens with two attached hydrogens (primary N) is 2. The maximum atomic E-state index is 11.2. The van der Waals surface area contributed by atoms with Crippen LogP contribution in [0.2, 0.25) is 10.3 Å². The fraction of sp³-hybridized carbons (Fsp3) is 0.400. The Balaban J connectivity index is 0.000000106. The van der Waals surface area contributed by atoms with Crippen molar-refractivity contribution in [1.29, 1.82) is 0 Å². The van der Waals surface area contributed by atoms with E-state index in [2.05, 4.69) is 196 Å². The maximum Gasteiger partial charge on any atom is 0.143 e. The lowest BCUT2D eigenvalue weighted by Crippen LogP contribution is -2.35. The molecule has 0 amide bonds. The molecule has 12 aromatic heterocycles. The minimum Gasteiger partial charge on any atom is -0.390 e. The fourth-order valence-electron chi connectivity index (χ4n) is 24.6. The molecule has 24 rings (SSSR count). The van der Waals surface area contributed by atoms with Gasteiger partial charge >= 0.3 is 0 Å². The summed E-state index contributed by atoms with van der Waals surface area (Å²) in [4.78, 5) is 53.1. The number of aromatic nitrogens is 16. The molecule has 8 aliphatic carbocycles. The van der Waals surface area contributed by atoms with Gasteiger partial charge in [0, 0.05) is 89.5 Å². The molecule has 12 heterocycles. The second kappa shape index (κ2) is 34.5. The van der Waals surface area contributed by atoms with Gasteiger partial charge in [0.05, 0.1) is 111 Å². The lowest BCUT2D eigenvalue weighted by molar-refractivity contribution is -0.0260. The Labute approximate surface area is 803 Å². The molecule has 132 heavy (non-hydrogen) atoms. The Morgan fingerprint density at radius 3 is 0.795 bits per heavy atom. The van der Waals surface area contributed by atoms with Crippen LogP contribution in [0.5, 0.6) is 0 Å². The number of fused-ring (bicyclic) bond motifs is 8. The number of halogens is 6. The topological polar surface area (TPSA) is 388 Å². The van der Waals surface area contributed by atoms with E-state index in [1.54, 1.807) is 25.3 Å². The smallest absolute Gasteiger partial charge is 0.143 e. The molecule has 8 saturated carbocycles. The van der Waals surface area contributed by atoms with Crippen molar-refractivity contribution in [3.8, 4) is 0 Å². The number of anilines is 2. The second-order valence-electron chi connectivity index (χ2n) is 38.8. The van der Waals surface area contributed by atoms with Gasteiger partial charge in [-0.1, -0.05) is 71.7 Å². The number of hydrogen-bond acceptors (Lipinski definition) is 22. The predicted molar refractivity (Wildman–Crippen MR) is 524 cm³/mol. The average molecular weight is 2070 g/mol. The third-order valence-electron chi connectivity index (χ3n) is 31.7. The van der Waals surface area contributed by atoms with Crippen LogP contribution in [0.15, 0.2) is 189 Å². The molecule has 16 aromatic rings. The first-order valence-corrected chi connectivity index (χ1v) is 49.2. The van der Waals surface area contributed by atoms with E-state index in [0.717, 1.165) is 231 Å². The van der Waals surface area contributed by atoms with Crippen LogP contribution in [0.1, 0.15) is 196 Å². The minimum atomic E-state index is -0.830. The van der Waals surface area contributed by atoms with E-state index in [-0.39, 0.29) is 45.8 Å². The predicted octanol–water partition coefficient (Wildman–Crippen LogP) is 19.2. The summed E-state index contributed by atoms with van der Waals surface area (Å²) in [6.45, 7) is 7.84. The SMILES string of the molecule is Cc1ncnc2c1ccn2[C@@H]1C[C@@]2(CC[C@@H](c3ccc4cc(Br)c(Cl)nc4c3)C2)[C@@H](O)[C@H]1O.Cc1ncnc2c1ccn2[C@@H]1C[C@@]2(CC[C@@H](c3ccc4cc(Br)c(N)nc4c3)C2)[C@@H](O)[C@H]1O.Cc1ncnc2c1ccn2[C@@H]1C[C@@]2(CC[C@H](c3ccc4cc(Br)c(Cl)nc4c3)C2)[C@@H](O)[C@H]1O.Cc1ncnc2c1ccn2[C@@H]1C[C@@]2(CC[C@H](c3ccc4cc(Br)c(N)nc4c3)C2)[C@@H](O)[C@H]1O. The van der Waals surface area contributed by atoms with Crippen molar-refractivity contribution in [2.45, 2.75) is 227 Å². The van der Waals surface area contributed by atoms with E-state index in [4.69, 9.17) is 34.7 Å². The fourth-order valence-corrected chi connectivity index (χ4v) is 26.3. The largest absolute Gasteiger partial charge is 0.390 e. The first-order chi connectivity index (χ1) is 63.4. The minimum absolute atomic E-state index is 0.207. The Morgan fingerprint density at radius 2 is 0.545 bits per heavy atom. The molecule has 680 valence electrons. The molecule has 12 N–H and O–H groups in total. The monoisotopic (exact) mass is 2070 g/mol. The summed E-state index contributed by atoms with van der Waals surface area (Å²) in [7, 11) is 0. The third-order valence-corrected chi connectivity index (χ3v) is 35.2. The number of nitrogens with zero attached hydrogens (tertiary/aromatic N) is 16. The average Bonchev–Trinajstić information content (AvgIpc) is 1.59. The molecule has 4 spiro atoms. The molecule has 20 atom stereocenters. The molecule has 0 unspecified atom stereocenters. The van der Waals surface area contributed by atoms with Crippen LogP contribution in [0.25, 0.3) is 87.7 Å². The standard InChI is InChI=1S/2C25H24BrClN4O2.2C25H26BrN5O2/c4*1-13-17-5-7-31(24(17)29-12-28-13)20-11-25(22(33)21(20)32)6-4-16(10-25)14-2-3-15-8-18(26)23(27)30-19(15)9-14/h2*2-3,5,7-9,12,16,20-22,32-33H,4,6,10-11H2,1H3;2*2-3,5,7-9,12,16,20-22,32-33H,4,6,10-11H2,1H3,(H2,27,30)/t16-,20+,21-,22-,25-;16-,20-,21+,22+,25+;16-,20+,21-,22-,25-;16-,20-,21+,22+,25+/m0101/s1. The van der Waals surface area contributed by atoms with Crippen LogP contribution in [0, 0.1) is 49.4 Å². The summed E-state index contributed by atoms with van der Waals surface area (Å²) >= 11 is 26.2. The first-order valence-electron chi connectivity index (χ1n) is 45.2. The van der Waals surface area contributed by atoms with Crippen LogP contribution in [-0.2, 0) is 0 Å².